The van der Waals surface area contributed by atoms with Crippen molar-refractivity contribution in [1.29, 1.82) is 0 Å². The Morgan fingerprint density at radius 2 is 1.33 bits per heavy atom. The van der Waals surface area contributed by atoms with Crippen molar-refractivity contribution < 1.29 is 0 Å². The van der Waals surface area contributed by atoms with E-state index >= 15 is 0 Å². The molecule has 0 atom stereocenters. The van der Waals surface area contributed by atoms with E-state index in [2.05, 4.69) is 53.6 Å². The Morgan fingerprint density at radius 3 is 1.47 bits per heavy atom. The third kappa shape index (κ3) is 24.9. The normalized spacial score (nSPS) is 10.8. The first-order chi connectivity index (χ1) is 6.90. The van der Waals surface area contributed by atoms with Crippen molar-refractivity contribution in [2.24, 2.45) is 11.8 Å². The zero-order chi connectivity index (χ0) is 12.3. The lowest BCUT2D eigenvalue weighted by Crippen LogP contribution is -2.14. The highest BCUT2D eigenvalue weighted by molar-refractivity contribution is 4.47. The molecule has 0 radical (unpaired) electrons. The Balaban J connectivity index is 0. The van der Waals surface area contributed by atoms with Crippen molar-refractivity contribution >= 4 is 0 Å². The van der Waals surface area contributed by atoms with E-state index in [0.29, 0.717) is 0 Å². The lowest BCUT2D eigenvalue weighted by molar-refractivity contribution is 0.369. The van der Waals surface area contributed by atoms with E-state index in [4.69, 9.17) is 0 Å². The van der Waals surface area contributed by atoms with E-state index in [9.17, 15) is 0 Å². The summed E-state index contributed by atoms with van der Waals surface area (Å²) < 4.78 is 0. The Morgan fingerprint density at radius 1 is 0.867 bits per heavy atom. The third-order valence-electron chi connectivity index (χ3n) is 2.29. The van der Waals surface area contributed by atoms with Gasteiger partial charge in [-0.05, 0) is 38.9 Å². The summed E-state index contributed by atoms with van der Waals surface area (Å²) in [5, 5.41) is 0. The first-order valence-corrected chi connectivity index (χ1v) is 6.54. The molecule has 0 aliphatic carbocycles. The molecule has 0 unspecified atom stereocenters. The van der Waals surface area contributed by atoms with Gasteiger partial charge in [0.25, 0.3) is 0 Å². The van der Waals surface area contributed by atoms with E-state index in [1.807, 2.05) is 0 Å². The van der Waals surface area contributed by atoms with Crippen molar-refractivity contribution in [1.82, 2.24) is 4.90 Å². The summed E-state index contributed by atoms with van der Waals surface area (Å²) in [7, 11) is 4.23. The molecule has 0 aliphatic heterocycles. The SMILES string of the molecule is CC(C)CCN(C)C.CCCCC(C)C. The Bertz CT molecular complexity index is 97.9. The smallest absolute Gasteiger partial charge is 0.00224 e. The summed E-state index contributed by atoms with van der Waals surface area (Å²) in [5.74, 6) is 1.75. The van der Waals surface area contributed by atoms with E-state index in [-0.39, 0.29) is 0 Å². The second-order valence-electron chi connectivity index (χ2n) is 5.52. The highest BCUT2D eigenvalue weighted by Crippen LogP contribution is 2.04. The van der Waals surface area contributed by atoms with Crippen LogP contribution >= 0.6 is 0 Å². The van der Waals surface area contributed by atoms with Gasteiger partial charge in [0.2, 0.25) is 0 Å². The minimum atomic E-state index is 0.845. The lowest BCUT2D eigenvalue weighted by atomic mass is 10.1. The van der Waals surface area contributed by atoms with Crippen LogP contribution in [0.5, 0.6) is 0 Å². The maximum Gasteiger partial charge on any atom is -0.00224 e. The fourth-order valence-electron chi connectivity index (χ4n) is 1.13. The number of unbranched alkanes of at least 4 members (excludes halogenated alkanes) is 1. The van der Waals surface area contributed by atoms with Crippen LogP contribution in [0.4, 0.5) is 0 Å². The molecule has 0 aromatic heterocycles. The van der Waals surface area contributed by atoms with Crippen molar-refractivity contribution in [3.05, 3.63) is 0 Å². The van der Waals surface area contributed by atoms with Crippen molar-refractivity contribution in [2.75, 3.05) is 20.6 Å². The second-order valence-corrected chi connectivity index (χ2v) is 5.52. The Labute approximate surface area is 98.2 Å². The lowest BCUT2D eigenvalue weighted by Gasteiger charge is -2.10. The van der Waals surface area contributed by atoms with Gasteiger partial charge in [-0.15, -0.1) is 0 Å². The largest absolute Gasteiger partial charge is 0.309 e. The van der Waals surface area contributed by atoms with Gasteiger partial charge in [-0.3, -0.25) is 0 Å². The minimum absolute atomic E-state index is 0.845. The summed E-state index contributed by atoms with van der Waals surface area (Å²) >= 11 is 0. The van der Waals surface area contributed by atoms with E-state index in [1.54, 1.807) is 0 Å². The van der Waals surface area contributed by atoms with Gasteiger partial charge in [-0.25, -0.2) is 0 Å². The number of nitrogens with zero attached hydrogens (tertiary/aromatic N) is 1. The van der Waals surface area contributed by atoms with Crippen LogP contribution in [0, 0.1) is 11.8 Å². The summed E-state index contributed by atoms with van der Waals surface area (Å²) in [6, 6.07) is 0. The molecule has 0 heterocycles. The van der Waals surface area contributed by atoms with Crippen LogP contribution in [0.15, 0.2) is 0 Å². The molecule has 0 saturated heterocycles. The monoisotopic (exact) mass is 215 g/mol. The molecule has 1 heteroatoms. The van der Waals surface area contributed by atoms with Gasteiger partial charge < -0.3 is 4.90 Å². The maximum absolute atomic E-state index is 2.27. The van der Waals surface area contributed by atoms with Crippen LogP contribution in [0.3, 0.4) is 0 Å². The molecular weight excluding hydrogens is 182 g/mol. The van der Waals surface area contributed by atoms with Gasteiger partial charge in [0.15, 0.2) is 0 Å². The van der Waals surface area contributed by atoms with Crippen LogP contribution in [0.25, 0.3) is 0 Å². The summed E-state index contributed by atoms with van der Waals surface area (Å²) in [5.41, 5.74) is 0. The Kier molecular flexibility index (Phi) is 13.9. The quantitative estimate of drug-likeness (QED) is 0.633. The molecule has 0 aliphatic rings. The van der Waals surface area contributed by atoms with E-state index < -0.39 is 0 Å². The fourth-order valence-corrected chi connectivity index (χ4v) is 1.13. The summed E-state index contributed by atoms with van der Waals surface area (Å²) in [4.78, 5) is 2.22. The Hall–Kier alpha value is -0.0400. The fraction of sp³-hybridized carbons (Fsp3) is 1.00. The van der Waals surface area contributed by atoms with Gasteiger partial charge in [0, 0.05) is 0 Å². The van der Waals surface area contributed by atoms with Crippen LogP contribution in [0.1, 0.15) is 60.3 Å². The molecule has 1 nitrogen and oxygen atoms in total. The van der Waals surface area contributed by atoms with Crippen molar-refractivity contribution in [2.45, 2.75) is 60.3 Å². The first kappa shape index (κ1) is 17.4. The highest BCUT2D eigenvalue weighted by atomic mass is 15.0. The number of hydrogen-bond acceptors (Lipinski definition) is 1. The molecule has 15 heavy (non-hydrogen) atoms. The molecule has 0 spiro atoms. The van der Waals surface area contributed by atoms with Crippen LogP contribution in [-0.4, -0.2) is 25.5 Å². The number of hydrogen-bond donors (Lipinski definition) is 0. The molecule has 0 N–H and O–H groups in total. The average Bonchev–Trinajstić information content (AvgIpc) is 2.12. The molecule has 0 saturated carbocycles. The van der Waals surface area contributed by atoms with Crippen molar-refractivity contribution in [3.63, 3.8) is 0 Å². The summed E-state index contributed by atoms with van der Waals surface area (Å²) in [6.45, 7) is 12.5. The molecule has 0 aromatic carbocycles. The van der Waals surface area contributed by atoms with Crippen LogP contribution < -0.4 is 0 Å². The molecule has 0 rings (SSSR count). The summed E-state index contributed by atoms with van der Waals surface area (Å²) in [6.07, 6.45) is 5.46. The predicted octanol–water partition coefficient (Wildman–Crippen LogP) is 4.43. The predicted molar refractivity (Wildman–Crippen MR) is 72.4 cm³/mol. The zero-order valence-electron chi connectivity index (χ0n) is 12.1. The van der Waals surface area contributed by atoms with Gasteiger partial charge in [-0.1, -0.05) is 53.9 Å². The first-order valence-electron chi connectivity index (χ1n) is 6.54. The maximum atomic E-state index is 2.27. The molecule has 0 fully saturated rings. The van der Waals surface area contributed by atoms with Gasteiger partial charge in [-0.2, -0.15) is 0 Å². The molecular formula is C14H33N. The van der Waals surface area contributed by atoms with Crippen LogP contribution in [0.2, 0.25) is 0 Å². The molecule has 94 valence electrons. The zero-order valence-corrected chi connectivity index (χ0v) is 12.1. The highest BCUT2D eigenvalue weighted by Gasteiger charge is 1.93. The standard InChI is InChI=1S/C7H17N.C7H16/c1-7(2)5-6-8(3)4;1-4-5-6-7(2)3/h7H,5-6H2,1-4H3;7H,4-6H2,1-3H3. The molecule has 0 bridgehead atoms. The van der Waals surface area contributed by atoms with Crippen molar-refractivity contribution in [3.8, 4) is 0 Å². The van der Waals surface area contributed by atoms with E-state index in [0.717, 1.165) is 11.8 Å². The topological polar surface area (TPSA) is 3.24 Å². The molecule has 0 aromatic rings. The van der Waals surface area contributed by atoms with Gasteiger partial charge in [0.05, 0.1) is 0 Å². The van der Waals surface area contributed by atoms with Gasteiger partial charge >= 0.3 is 0 Å². The van der Waals surface area contributed by atoms with Gasteiger partial charge in [0.1, 0.15) is 0 Å². The third-order valence-corrected chi connectivity index (χ3v) is 2.29. The number of rotatable bonds is 6. The molecule has 0 amide bonds. The van der Waals surface area contributed by atoms with Crippen LogP contribution in [-0.2, 0) is 0 Å². The second kappa shape index (κ2) is 12.0. The minimum Gasteiger partial charge on any atom is -0.309 e. The van der Waals surface area contributed by atoms with E-state index in [1.165, 1.54) is 32.2 Å². The average molecular weight is 215 g/mol.